The summed E-state index contributed by atoms with van der Waals surface area (Å²) in [5.41, 5.74) is 1.31. The number of carbonyl (C=O) groups is 1. The molecule has 1 aromatic carbocycles. The Balaban J connectivity index is 1.51. The Bertz CT molecular complexity index is 500. The summed E-state index contributed by atoms with van der Waals surface area (Å²) in [6.07, 6.45) is 1.59. The lowest BCUT2D eigenvalue weighted by molar-refractivity contribution is 0.240. The van der Waals surface area contributed by atoms with E-state index in [1.54, 1.807) is 24.1 Å². The molecule has 0 unspecified atom stereocenters. The molecule has 0 fully saturated rings. The summed E-state index contributed by atoms with van der Waals surface area (Å²) in [5.74, 6) is 2.61. The van der Waals surface area contributed by atoms with Crippen LogP contribution >= 0.6 is 11.8 Å². The van der Waals surface area contributed by atoms with Crippen LogP contribution in [0.4, 0.5) is 4.79 Å². The first-order chi connectivity index (χ1) is 9.84. The van der Waals surface area contributed by atoms with Crippen molar-refractivity contribution in [3.63, 3.8) is 0 Å². The quantitative estimate of drug-likeness (QED) is 0.771. The van der Waals surface area contributed by atoms with E-state index in [0.29, 0.717) is 13.1 Å². The summed E-state index contributed by atoms with van der Waals surface area (Å²) >= 11 is 1.80. The molecule has 2 N–H and O–H groups in total. The van der Waals surface area contributed by atoms with Crippen molar-refractivity contribution in [1.29, 1.82) is 0 Å². The van der Waals surface area contributed by atoms with Crippen molar-refractivity contribution in [2.24, 2.45) is 0 Å². The number of benzene rings is 1. The molecular weight excluding hydrogens is 272 g/mol. The van der Waals surface area contributed by atoms with E-state index in [2.05, 4.69) is 22.8 Å². The van der Waals surface area contributed by atoms with Gasteiger partial charge < -0.3 is 15.1 Å². The van der Waals surface area contributed by atoms with E-state index in [0.717, 1.165) is 17.3 Å². The van der Waals surface area contributed by atoms with Crippen LogP contribution in [-0.4, -0.2) is 18.3 Å². The van der Waals surface area contributed by atoms with Crippen LogP contribution in [0.5, 0.6) is 0 Å². The number of amides is 2. The van der Waals surface area contributed by atoms with Gasteiger partial charge >= 0.3 is 6.03 Å². The second-order valence-corrected chi connectivity index (χ2v) is 5.33. The van der Waals surface area contributed by atoms with Crippen LogP contribution in [0.3, 0.4) is 0 Å². The Morgan fingerprint density at radius 3 is 2.70 bits per heavy atom. The van der Waals surface area contributed by atoms with Gasteiger partial charge in [0.25, 0.3) is 0 Å². The van der Waals surface area contributed by atoms with Crippen LogP contribution in [0, 0.1) is 0 Å². The highest BCUT2D eigenvalue weighted by Gasteiger charge is 2.01. The Hall–Kier alpha value is -1.88. The number of rotatable bonds is 7. The maximum absolute atomic E-state index is 11.5. The summed E-state index contributed by atoms with van der Waals surface area (Å²) < 4.78 is 5.13. The van der Waals surface area contributed by atoms with E-state index in [1.165, 1.54) is 5.56 Å². The highest BCUT2D eigenvalue weighted by Crippen LogP contribution is 2.10. The van der Waals surface area contributed by atoms with Gasteiger partial charge in [-0.15, -0.1) is 0 Å². The third-order valence-corrected chi connectivity index (χ3v) is 3.68. The number of nitrogens with one attached hydrogen (secondary N) is 2. The molecule has 1 heterocycles. The summed E-state index contributed by atoms with van der Waals surface area (Å²) in [6.45, 7) is 1.07. The van der Waals surface area contributed by atoms with Gasteiger partial charge in [-0.25, -0.2) is 4.79 Å². The minimum absolute atomic E-state index is 0.165. The topological polar surface area (TPSA) is 54.3 Å². The third-order valence-electron chi connectivity index (χ3n) is 2.65. The zero-order chi connectivity index (χ0) is 14.0. The maximum atomic E-state index is 11.5. The first-order valence-electron chi connectivity index (χ1n) is 6.50. The summed E-state index contributed by atoms with van der Waals surface area (Å²) in [4.78, 5) is 11.5. The van der Waals surface area contributed by atoms with Gasteiger partial charge in [-0.05, 0) is 17.7 Å². The predicted molar refractivity (Wildman–Crippen MR) is 81.6 cm³/mol. The van der Waals surface area contributed by atoms with Gasteiger partial charge in [0.1, 0.15) is 5.76 Å². The van der Waals surface area contributed by atoms with Gasteiger partial charge in [0.05, 0.1) is 12.8 Å². The molecule has 0 atom stereocenters. The number of thioether (sulfide) groups is 1. The van der Waals surface area contributed by atoms with Gasteiger partial charge in [0, 0.05) is 18.1 Å². The zero-order valence-electron chi connectivity index (χ0n) is 11.2. The average Bonchev–Trinajstić information content (AvgIpc) is 2.99. The predicted octanol–water partition coefficient (Wildman–Crippen LogP) is 3.01. The van der Waals surface area contributed by atoms with E-state index >= 15 is 0 Å². The largest absolute Gasteiger partial charge is 0.467 e. The van der Waals surface area contributed by atoms with Crippen LogP contribution in [-0.2, 0) is 12.3 Å². The molecular formula is C15H18N2O2S. The van der Waals surface area contributed by atoms with E-state index < -0.39 is 0 Å². The Morgan fingerprint density at radius 2 is 1.95 bits per heavy atom. The smallest absolute Gasteiger partial charge is 0.315 e. The molecule has 0 aliphatic rings. The van der Waals surface area contributed by atoms with Crippen molar-refractivity contribution in [1.82, 2.24) is 10.6 Å². The van der Waals surface area contributed by atoms with Crippen molar-refractivity contribution in [2.75, 3.05) is 12.3 Å². The molecule has 0 saturated carbocycles. The molecule has 20 heavy (non-hydrogen) atoms. The van der Waals surface area contributed by atoms with E-state index in [-0.39, 0.29) is 6.03 Å². The normalized spacial score (nSPS) is 10.2. The molecule has 1 aromatic heterocycles. The molecule has 2 amide bonds. The number of hydrogen-bond donors (Lipinski definition) is 2. The summed E-state index contributed by atoms with van der Waals surface area (Å²) in [5, 5.41) is 5.56. The van der Waals surface area contributed by atoms with E-state index in [9.17, 15) is 4.79 Å². The Morgan fingerprint density at radius 1 is 1.10 bits per heavy atom. The fourth-order valence-corrected chi connectivity index (χ4v) is 2.46. The van der Waals surface area contributed by atoms with Crippen LogP contribution in [0.2, 0.25) is 0 Å². The molecule has 0 saturated heterocycles. The second-order valence-electron chi connectivity index (χ2n) is 4.23. The fraction of sp³-hybridized carbons (Fsp3) is 0.267. The molecule has 106 valence electrons. The summed E-state index contributed by atoms with van der Waals surface area (Å²) in [7, 11) is 0. The van der Waals surface area contributed by atoms with Gasteiger partial charge in [-0.3, -0.25) is 0 Å². The Kier molecular flexibility index (Phi) is 6.05. The summed E-state index contributed by atoms with van der Waals surface area (Å²) in [6, 6.07) is 13.8. The number of carbonyl (C=O) groups excluding carboxylic acids is 1. The van der Waals surface area contributed by atoms with Crippen molar-refractivity contribution in [3.05, 3.63) is 60.1 Å². The van der Waals surface area contributed by atoms with Crippen LogP contribution in [0.25, 0.3) is 0 Å². The van der Waals surface area contributed by atoms with Crippen molar-refractivity contribution < 1.29 is 9.21 Å². The molecule has 2 aromatic rings. The Labute approximate surface area is 122 Å². The number of furan rings is 1. The molecule has 2 rings (SSSR count). The lowest BCUT2D eigenvalue weighted by Crippen LogP contribution is -2.36. The van der Waals surface area contributed by atoms with E-state index in [1.807, 2.05) is 24.3 Å². The molecule has 5 heteroatoms. The lowest BCUT2D eigenvalue weighted by Gasteiger charge is -2.06. The minimum atomic E-state index is -0.165. The zero-order valence-corrected chi connectivity index (χ0v) is 12.0. The molecule has 0 bridgehead atoms. The highest BCUT2D eigenvalue weighted by atomic mass is 32.2. The van der Waals surface area contributed by atoms with Crippen LogP contribution < -0.4 is 10.6 Å². The monoisotopic (exact) mass is 290 g/mol. The fourth-order valence-electron chi connectivity index (χ4n) is 1.64. The van der Waals surface area contributed by atoms with Gasteiger partial charge in [-0.2, -0.15) is 11.8 Å². The standard InChI is InChI=1S/C15H18N2O2S/c18-15(17-11-14-7-4-9-19-14)16-8-10-20-12-13-5-2-1-3-6-13/h1-7,9H,8,10-12H2,(H2,16,17,18). The first-order valence-corrected chi connectivity index (χ1v) is 7.66. The van der Waals surface area contributed by atoms with Crippen molar-refractivity contribution >= 4 is 17.8 Å². The number of urea groups is 1. The van der Waals surface area contributed by atoms with Crippen molar-refractivity contribution in [2.45, 2.75) is 12.3 Å². The molecule has 0 radical (unpaired) electrons. The molecule has 0 aliphatic heterocycles. The van der Waals surface area contributed by atoms with Crippen molar-refractivity contribution in [3.8, 4) is 0 Å². The van der Waals surface area contributed by atoms with E-state index in [4.69, 9.17) is 4.42 Å². The maximum Gasteiger partial charge on any atom is 0.315 e. The average molecular weight is 290 g/mol. The lowest BCUT2D eigenvalue weighted by atomic mass is 10.2. The molecule has 0 spiro atoms. The van der Waals surface area contributed by atoms with Gasteiger partial charge in [0.15, 0.2) is 0 Å². The minimum Gasteiger partial charge on any atom is -0.467 e. The second kappa shape index (κ2) is 8.32. The van der Waals surface area contributed by atoms with Crippen LogP contribution in [0.1, 0.15) is 11.3 Å². The SMILES string of the molecule is O=C(NCCSCc1ccccc1)NCc1ccco1. The highest BCUT2D eigenvalue weighted by molar-refractivity contribution is 7.98. The van der Waals surface area contributed by atoms with Gasteiger partial charge in [-0.1, -0.05) is 30.3 Å². The van der Waals surface area contributed by atoms with Crippen LogP contribution in [0.15, 0.2) is 53.1 Å². The number of hydrogen-bond acceptors (Lipinski definition) is 3. The molecule has 4 nitrogen and oxygen atoms in total. The van der Waals surface area contributed by atoms with Gasteiger partial charge in [0.2, 0.25) is 0 Å². The third kappa shape index (κ3) is 5.40. The first kappa shape index (κ1) is 14.5. The molecule has 0 aliphatic carbocycles.